The zero-order valence-corrected chi connectivity index (χ0v) is 13.9. The normalized spacial score (nSPS) is 10.5. The molecule has 0 bridgehead atoms. The monoisotopic (exact) mass is 362 g/mol. The molecule has 1 aromatic carbocycles. The maximum Gasteiger partial charge on any atom is 0.278 e. The van der Waals surface area contributed by atoms with Crippen molar-refractivity contribution in [2.75, 3.05) is 11.4 Å². The number of halogens is 4. The molecule has 0 saturated heterocycles. The molecule has 0 radical (unpaired) electrons. The lowest BCUT2D eigenvalue weighted by Crippen LogP contribution is -2.31. The highest BCUT2D eigenvalue weighted by atomic mass is 35.5. The first-order chi connectivity index (χ1) is 9.97. The molecule has 0 saturated carbocycles. The Hall–Kier alpha value is -1.00. The molecule has 0 aliphatic carbocycles. The van der Waals surface area contributed by atoms with Crippen LogP contribution in [0.25, 0.3) is 0 Å². The molecule has 0 aliphatic heterocycles. The second-order valence-electron chi connectivity index (χ2n) is 4.08. The fourth-order valence-electron chi connectivity index (χ4n) is 1.81. The maximum atomic E-state index is 12.6. The molecule has 0 aliphatic rings. The van der Waals surface area contributed by atoms with Crippen LogP contribution in [0.4, 0.5) is 5.69 Å². The number of amides is 1. The first kappa shape index (κ1) is 16.4. The van der Waals surface area contributed by atoms with E-state index in [0.717, 1.165) is 5.69 Å². The standard InChI is InChI=1S/C14H10Cl4N2O/c1-2-20(8-6-4-3-5-7-8)14(21)12-10(16)9(15)11(17)13(18)19-12/h3-7H,2H2,1H3. The highest BCUT2D eigenvalue weighted by Crippen LogP contribution is 2.36. The highest BCUT2D eigenvalue weighted by molar-refractivity contribution is 6.52. The predicted octanol–water partition coefficient (Wildman–Crippen LogP) is 5.36. The lowest BCUT2D eigenvalue weighted by Gasteiger charge is -2.21. The Labute approximate surface area is 142 Å². The Morgan fingerprint density at radius 2 is 1.67 bits per heavy atom. The van der Waals surface area contributed by atoms with Crippen LogP contribution >= 0.6 is 46.4 Å². The molecule has 0 spiro atoms. The summed E-state index contributed by atoms with van der Waals surface area (Å²) in [6, 6.07) is 9.16. The predicted molar refractivity (Wildman–Crippen MR) is 88.1 cm³/mol. The smallest absolute Gasteiger partial charge is 0.278 e. The number of carbonyl (C=O) groups is 1. The largest absolute Gasteiger partial charge is 0.307 e. The van der Waals surface area contributed by atoms with Crippen LogP contribution < -0.4 is 4.90 Å². The molecular formula is C14H10Cl4N2O. The van der Waals surface area contributed by atoms with Crippen LogP contribution in [-0.4, -0.2) is 17.4 Å². The van der Waals surface area contributed by atoms with E-state index in [1.807, 2.05) is 37.3 Å². The average molecular weight is 364 g/mol. The van der Waals surface area contributed by atoms with E-state index in [1.165, 1.54) is 4.90 Å². The van der Waals surface area contributed by atoms with Crippen LogP contribution in [0.15, 0.2) is 30.3 Å². The van der Waals surface area contributed by atoms with Crippen molar-refractivity contribution in [1.82, 2.24) is 4.98 Å². The molecule has 2 aromatic rings. The van der Waals surface area contributed by atoms with Crippen LogP contribution in [0.1, 0.15) is 17.4 Å². The summed E-state index contributed by atoms with van der Waals surface area (Å²) in [5.41, 5.74) is 0.701. The summed E-state index contributed by atoms with van der Waals surface area (Å²) in [6.45, 7) is 2.29. The van der Waals surface area contributed by atoms with Gasteiger partial charge in [-0.2, -0.15) is 0 Å². The first-order valence-corrected chi connectivity index (χ1v) is 7.55. The number of hydrogen-bond acceptors (Lipinski definition) is 2. The second-order valence-corrected chi connectivity index (χ2v) is 5.57. The average Bonchev–Trinajstić information content (AvgIpc) is 2.50. The van der Waals surface area contributed by atoms with Gasteiger partial charge in [0.15, 0.2) is 5.69 Å². The maximum absolute atomic E-state index is 12.6. The van der Waals surface area contributed by atoms with E-state index in [9.17, 15) is 4.79 Å². The van der Waals surface area contributed by atoms with Crippen molar-refractivity contribution in [2.24, 2.45) is 0 Å². The Bertz CT molecular complexity index is 676. The van der Waals surface area contributed by atoms with E-state index in [2.05, 4.69) is 4.98 Å². The van der Waals surface area contributed by atoms with Crippen molar-refractivity contribution in [1.29, 1.82) is 0 Å². The number of para-hydroxylation sites is 1. The molecule has 2 rings (SSSR count). The minimum Gasteiger partial charge on any atom is -0.307 e. The zero-order chi connectivity index (χ0) is 15.6. The SMILES string of the molecule is CCN(C(=O)c1nc(Cl)c(Cl)c(Cl)c1Cl)c1ccccc1. The van der Waals surface area contributed by atoms with Crippen molar-refractivity contribution in [3.8, 4) is 0 Å². The Morgan fingerprint density at radius 3 is 2.24 bits per heavy atom. The zero-order valence-electron chi connectivity index (χ0n) is 10.9. The van der Waals surface area contributed by atoms with Gasteiger partial charge in [-0.05, 0) is 19.1 Å². The molecule has 0 atom stereocenters. The molecule has 1 aromatic heterocycles. The van der Waals surface area contributed by atoms with Gasteiger partial charge in [0.25, 0.3) is 5.91 Å². The minimum atomic E-state index is -0.394. The minimum absolute atomic E-state index is 0.00884. The molecule has 0 N–H and O–H groups in total. The Morgan fingerprint density at radius 1 is 1.05 bits per heavy atom. The summed E-state index contributed by atoms with van der Waals surface area (Å²) in [6.07, 6.45) is 0. The van der Waals surface area contributed by atoms with E-state index in [1.54, 1.807) is 0 Å². The number of aromatic nitrogens is 1. The van der Waals surface area contributed by atoms with Crippen LogP contribution in [0, 0.1) is 0 Å². The van der Waals surface area contributed by atoms with Crippen molar-refractivity contribution in [3.05, 3.63) is 56.2 Å². The lowest BCUT2D eigenvalue weighted by atomic mass is 10.2. The van der Waals surface area contributed by atoms with Crippen molar-refractivity contribution >= 4 is 58.0 Å². The van der Waals surface area contributed by atoms with Crippen LogP contribution in [-0.2, 0) is 0 Å². The quantitative estimate of drug-likeness (QED) is 0.687. The summed E-state index contributed by atoms with van der Waals surface area (Å²) in [5.74, 6) is -0.394. The van der Waals surface area contributed by atoms with Gasteiger partial charge in [-0.3, -0.25) is 4.79 Å². The van der Waals surface area contributed by atoms with E-state index in [4.69, 9.17) is 46.4 Å². The third kappa shape index (κ3) is 3.27. The summed E-state index contributed by atoms with van der Waals surface area (Å²) >= 11 is 23.8. The van der Waals surface area contributed by atoms with E-state index >= 15 is 0 Å². The first-order valence-electron chi connectivity index (χ1n) is 6.04. The van der Waals surface area contributed by atoms with Crippen LogP contribution in [0.3, 0.4) is 0 Å². The van der Waals surface area contributed by atoms with Crippen molar-refractivity contribution < 1.29 is 4.79 Å². The third-order valence-electron chi connectivity index (χ3n) is 2.82. The summed E-state index contributed by atoms with van der Waals surface area (Å²) in [5, 5.41) is -0.0163. The number of anilines is 1. The molecular weight excluding hydrogens is 354 g/mol. The second kappa shape index (κ2) is 6.84. The molecule has 1 amide bonds. The van der Waals surface area contributed by atoms with Crippen LogP contribution in [0.2, 0.25) is 20.2 Å². The van der Waals surface area contributed by atoms with Crippen molar-refractivity contribution in [2.45, 2.75) is 6.92 Å². The molecule has 1 heterocycles. The number of rotatable bonds is 3. The van der Waals surface area contributed by atoms with Gasteiger partial charge in [-0.25, -0.2) is 4.98 Å². The Kier molecular flexibility index (Phi) is 5.33. The highest BCUT2D eigenvalue weighted by Gasteiger charge is 2.24. The molecule has 110 valence electrons. The summed E-state index contributed by atoms with van der Waals surface area (Å²) in [7, 11) is 0. The van der Waals surface area contributed by atoms with Crippen molar-refractivity contribution in [3.63, 3.8) is 0 Å². The number of carbonyl (C=O) groups excluding carboxylic acids is 1. The third-order valence-corrected chi connectivity index (χ3v) is 4.49. The van der Waals surface area contributed by atoms with Gasteiger partial charge >= 0.3 is 0 Å². The van der Waals surface area contributed by atoms with Gasteiger partial charge in [-0.1, -0.05) is 64.6 Å². The van der Waals surface area contributed by atoms with Gasteiger partial charge in [0.05, 0.1) is 15.1 Å². The molecule has 7 heteroatoms. The number of hydrogen-bond donors (Lipinski definition) is 0. The fourth-order valence-corrected chi connectivity index (χ4v) is 2.62. The van der Waals surface area contributed by atoms with Gasteiger partial charge in [0.2, 0.25) is 0 Å². The Balaban J connectivity index is 2.49. The number of benzene rings is 1. The van der Waals surface area contributed by atoms with Gasteiger partial charge in [0.1, 0.15) is 5.15 Å². The summed E-state index contributed by atoms with van der Waals surface area (Å²) in [4.78, 5) is 18.1. The lowest BCUT2D eigenvalue weighted by molar-refractivity contribution is 0.0983. The van der Waals surface area contributed by atoms with E-state index < -0.39 is 5.91 Å². The fraction of sp³-hybridized carbons (Fsp3) is 0.143. The van der Waals surface area contributed by atoms with E-state index in [-0.39, 0.29) is 25.9 Å². The van der Waals surface area contributed by atoms with Gasteiger partial charge < -0.3 is 4.90 Å². The molecule has 0 fully saturated rings. The molecule has 0 unspecified atom stereocenters. The van der Waals surface area contributed by atoms with Crippen LogP contribution in [0.5, 0.6) is 0 Å². The number of nitrogens with zero attached hydrogens (tertiary/aromatic N) is 2. The molecule has 21 heavy (non-hydrogen) atoms. The van der Waals surface area contributed by atoms with E-state index in [0.29, 0.717) is 6.54 Å². The number of pyridine rings is 1. The molecule has 3 nitrogen and oxygen atoms in total. The summed E-state index contributed by atoms with van der Waals surface area (Å²) < 4.78 is 0. The van der Waals surface area contributed by atoms with Gasteiger partial charge in [0, 0.05) is 12.2 Å². The topological polar surface area (TPSA) is 33.2 Å². The van der Waals surface area contributed by atoms with Gasteiger partial charge in [-0.15, -0.1) is 0 Å².